The number of amides is 1. The van der Waals surface area contributed by atoms with Crippen molar-refractivity contribution < 1.29 is 4.79 Å². The van der Waals surface area contributed by atoms with E-state index in [0.717, 1.165) is 32.5 Å². The van der Waals surface area contributed by atoms with E-state index in [4.69, 9.17) is 0 Å². The lowest BCUT2D eigenvalue weighted by Gasteiger charge is -2.29. The standard InChI is InChI=1S/C20H22N2O.ClH/c23-20(19-12-16-8-4-5-9-17(16)13-21-19)22-11-10-18(14-22)15-6-2-1-3-7-15;/h1-9,18-19,21H,10-14H2;1H. The number of benzene rings is 2. The topological polar surface area (TPSA) is 32.3 Å². The van der Waals surface area contributed by atoms with E-state index in [1.807, 2.05) is 11.0 Å². The molecule has 0 radical (unpaired) electrons. The molecule has 126 valence electrons. The van der Waals surface area contributed by atoms with Crippen LogP contribution in [0.25, 0.3) is 0 Å². The highest BCUT2D eigenvalue weighted by molar-refractivity contribution is 5.85. The number of hydrogen-bond donors (Lipinski definition) is 1. The van der Waals surface area contributed by atoms with E-state index in [2.05, 4.69) is 53.8 Å². The number of fused-ring (bicyclic) bond motifs is 1. The van der Waals surface area contributed by atoms with Gasteiger partial charge < -0.3 is 10.2 Å². The number of halogens is 1. The zero-order chi connectivity index (χ0) is 15.6. The van der Waals surface area contributed by atoms with Gasteiger partial charge in [-0.05, 0) is 29.5 Å². The maximum Gasteiger partial charge on any atom is 0.240 e. The molecule has 2 aromatic rings. The fraction of sp³-hybridized carbons (Fsp3) is 0.350. The van der Waals surface area contributed by atoms with Crippen molar-refractivity contribution >= 4 is 18.3 Å². The van der Waals surface area contributed by atoms with Crippen LogP contribution in [0.4, 0.5) is 0 Å². The van der Waals surface area contributed by atoms with Crippen LogP contribution in [0.1, 0.15) is 29.0 Å². The predicted molar refractivity (Wildman–Crippen MR) is 98.4 cm³/mol. The van der Waals surface area contributed by atoms with Gasteiger partial charge in [-0.25, -0.2) is 0 Å². The van der Waals surface area contributed by atoms with Crippen molar-refractivity contribution in [2.45, 2.75) is 31.3 Å². The number of carbonyl (C=O) groups is 1. The van der Waals surface area contributed by atoms with Gasteiger partial charge in [-0.1, -0.05) is 54.6 Å². The SMILES string of the molecule is Cl.O=C(C1Cc2ccccc2CN1)N1CCC(c2ccccc2)C1. The molecule has 0 aromatic heterocycles. The summed E-state index contributed by atoms with van der Waals surface area (Å²) in [5.74, 6) is 0.744. The maximum absolute atomic E-state index is 12.9. The van der Waals surface area contributed by atoms with Crippen molar-refractivity contribution in [1.29, 1.82) is 0 Å². The van der Waals surface area contributed by atoms with Crippen molar-refractivity contribution in [2.24, 2.45) is 0 Å². The number of likely N-dealkylation sites (tertiary alicyclic amines) is 1. The quantitative estimate of drug-likeness (QED) is 0.909. The third-order valence-electron chi connectivity index (χ3n) is 5.15. The van der Waals surface area contributed by atoms with Crippen LogP contribution in [0.3, 0.4) is 0 Å². The van der Waals surface area contributed by atoms with Gasteiger partial charge in [-0.2, -0.15) is 0 Å². The first-order chi connectivity index (χ1) is 11.3. The van der Waals surface area contributed by atoms with Crippen molar-refractivity contribution in [3.8, 4) is 0 Å². The third-order valence-corrected chi connectivity index (χ3v) is 5.15. The molecule has 3 nitrogen and oxygen atoms in total. The van der Waals surface area contributed by atoms with Gasteiger partial charge in [0.25, 0.3) is 0 Å². The Kier molecular flexibility index (Phi) is 5.22. The number of rotatable bonds is 2. The van der Waals surface area contributed by atoms with Gasteiger partial charge in [0.05, 0.1) is 6.04 Å². The first-order valence-electron chi connectivity index (χ1n) is 8.45. The van der Waals surface area contributed by atoms with Crippen LogP contribution in [0.5, 0.6) is 0 Å². The maximum atomic E-state index is 12.9. The number of hydrogen-bond acceptors (Lipinski definition) is 2. The molecule has 4 heteroatoms. The Morgan fingerprint density at radius 3 is 2.50 bits per heavy atom. The summed E-state index contributed by atoms with van der Waals surface area (Å²) in [5.41, 5.74) is 3.98. The molecule has 2 heterocycles. The molecule has 1 N–H and O–H groups in total. The van der Waals surface area contributed by atoms with E-state index < -0.39 is 0 Å². The highest BCUT2D eigenvalue weighted by Gasteiger charge is 2.32. The average Bonchev–Trinajstić information content (AvgIpc) is 3.11. The molecule has 2 aromatic carbocycles. The van der Waals surface area contributed by atoms with Gasteiger partial charge in [0.2, 0.25) is 5.91 Å². The number of nitrogens with one attached hydrogen (secondary N) is 1. The molecule has 0 saturated carbocycles. The van der Waals surface area contributed by atoms with Gasteiger partial charge in [0, 0.05) is 25.6 Å². The summed E-state index contributed by atoms with van der Waals surface area (Å²) in [6.07, 6.45) is 1.88. The normalized spacial score (nSPS) is 22.6. The number of carbonyl (C=O) groups excluding carboxylic acids is 1. The van der Waals surface area contributed by atoms with Crippen molar-refractivity contribution in [1.82, 2.24) is 10.2 Å². The number of nitrogens with zero attached hydrogens (tertiary/aromatic N) is 1. The van der Waals surface area contributed by atoms with Gasteiger partial charge in [-0.15, -0.1) is 12.4 Å². The monoisotopic (exact) mass is 342 g/mol. The lowest BCUT2D eigenvalue weighted by molar-refractivity contribution is -0.132. The van der Waals surface area contributed by atoms with E-state index in [1.165, 1.54) is 16.7 Å². The van der Waals surface area contributed by atoms with Crippen molar-refractivity contribution in [3.63, 3.8) is 0 Å². The van der Waals surface area contributed by atoms with Crippen LogP contribution in [0.2, 0.25) is 0 Å². The fourth-order valence-corrected chi connectivity index (χ4v) is 3.81. The van der Waals surface area contributed by atoms with E-state index in [0.29, 0.717) is 5.92 Å². The summed E-state index contributed by atoms with van der Waals surface area (Å²) >= 11 is 0. The van der Waals surface area contributed by atoms with Crippen LogP contribution < -0.4 is 5.32 Å². The summed E-state index contributed by atoms with van der Waals surface area (Å²) in [6, 6.07) is 18.9. The summed E-state index contributed by atoms with van der Waals surface area (Å²) in [7, 11) is 0. The van der Waals surface area contributed by atoms with Crippen LogP contribution in [0.15, 0.2) is 54.6 Å². The van der Waals surface area contributed by atoms with Crippen LogP contribution in [-0.2, 0) is 17.8 Å². The first-order valence-corrected chi connectivity index (χ1v) is 8.45. The van der Waals surface area contributed by atoms with Crippen molar-refractivity contribution in [2.75, 3.05) is 13.1 Å². The molecule has 0 bridgehead atoms. The van der Waals surface area contributed by atoms with Crippen LogP contribution in [0, 0.1) is 0 Å². The second-order valence-corrected chi connectivity index (χ2v) is 6.59. The fourth-order valence-electron chi connectivity index (χ4n) is 3.81. The van der Waals surface area contributed by atoms with Gasteiger partial charge in [-0.3, -0.25) is 4.79 Å². The Morgan fingerprint density at radius 2 is 1.71 bits per heavy atom. The second kappa shape index (κ2) is 7.37. The van der Waals surface area contributed by atoms with Gasteiger partial charge in [0.1, 0.15) is 0 Å². The average molecular weight is 343 g/mol. The lowest BCUT2D eigenvalue weighted by Crippen LogP contribution is -2.48. The molecule has 1 fully saturated rings. The van der Waals surface area contributed by atoms with E-state index in [9.17, 15) is 4.79 Å². The Labute approximate surface area is 149 Å². The Hall–Kier alpha value is -1.84. The molecule has 2 atom stereocenters. The minimum absolute atomic E-state index is 0. The van der Waals surface area contributed by atoms with Gasteiger partial charge >= 0.3 is 0 Å². The van der Waals surface area contributed by atoms with Crippen molar-refractivity contribution in [3.05, 3.63) is 71.3 Å². The Morgan fingerprint density at radius 1 is 1.00 bits per heavy atom. The van der Waals surface area contributed by atoms with Crippen LogP contribution >= 0.6 is 12.4 Å². The third kappa shape index (κ3) is 3.33. The highest BCUT2D eigenvalue weighted by atomic mass is 35.5. The van der Waals surface area contributed by atoms with E-state index in [1.54, 1.807) is 0 Å². The Balaban J connectivity index is 0.00000169. The molecule has 0 spiro atoms. The summed E-state index contributed by atoms with van der Waals surface area (Å²) in [4.78, 5) is 14.9. The minimum Gasteiger partial charge on any atom is -0.341 e. The molecule has 1 saturated heterocycles. The highest BCUT2D eigenvalue weighted by Crippen LogP contribution is 2.28. The molecule has 2 aliphatic rings. The molecule has 4 rings (SSSR count). The summed E-state index contributed by atoms with van der Waals surface area (Å²) < 4.78 is 0. The zero-order valence-electron chi connectivity index (χ0n) is 13.7. The Bertz CT molecular complexity index is 704. The minimum atomic E-state index is -0.0700. The summed E-state index contributed by atoms with van der Waals surface area (Å²) in [5, 5.41) is 3.42. The molecule has 0 aliphatic carbocycles. The first kappa shape index (κ1) is 17.0. The van der Waals surface area contributed by atoms with E-state index in [-0.39, 0.29) is 24.4 Å². The second-order valence-electron chi connectivity index (χ2n) is 6.59. The van der Waals surface area contributed by atoms with Gasteiger partial charge in [0.15, 0.2) is 0 Å². The molecular weight excluding hydrogens is 320 g/mol. The summed E-state index contributed by atoms with van der Waals surface area (Å²) in [6.45, 7) is 2.52. The molecule has 1 amide bonds. The molecule has 2 unspecified atom stereocenters. The molecule has 2 aliphatic heterocycles. The predicted octanol–water partition coefficient (Wildman–Crippen LogP) is 3.14. The van der Waals surface area contributed by atoms with Crippen LogP contribution in [-0.4, -0.2) is 29.9 Å². The largest absolute Gasteiger partial charge is 0.341 e. The molecular formula is C20H23ClN2O. The van der Waals surface area contributed by atoms with E-state index >= 15 is 0 Å². The lowest BCUT2D eigenvalue weighted by atomic mass is 9.95. The zero-order valence-corrected chi connectivity index (χ0v) is 14.5. The smallest absolute Gasteiger partial charge is 0.240 e. The molecule has 24 heavy (non-hydrogen) atoms.